The lowest BCUT2D eigenvalue weighted by molar-refractivity contribution is 0.417. The largest absolute Gasteiger partial charge is 0.496 e. The zero-order valence-electron chi connectivity index (χ0n) is 18.4. The van der Waals surface area contributed by atoms with Crippen molar-refractivity contribution in [3.05, 3.63) is 77.6 Å². The molecule has 4 aromatic heterocycles. The minimum absolute atomic E-state index is 0.180. The fourth-order valence-corrected chi connectivity index (χ4v) is 4.37. The van der Waals surface area contributed by atoms with E-state index in [-0.39, 0.29) is 5.69 Å². The Balaban J connectivity index is 1.73. The van der Waals surface area contributed by atoms with E-state index in [0.717, 1.165) is 44.0 Å². The van der Waals surface area contributed by atoms with Crippen LogP contribution in [0.1, 0.15) is 0 Å². The third kappa shape index (κ3) is 2.84. The Kier molecular flexibility index (Phi) is 4.10. The van der Waals surface area contributed by atoms with Gasteiger partial charge in [-0.3, -0.25) is 14.2 Å². The number of aromatic nitrogens is 6. The number of para-hydroxylation sites is 1. The Hall–Kier alpha value is -4.46. The second-order valence-corrected chi connectivity index (χ2v) is 8.00. The van der Waals surface area contributed by atoms with Crippen LogP contribution in [0.5, 0.6) is 5.75 Å². The van der Waals surface area contributed by atoms with E-state index in [0.29, 0.717) is 11.6 Å². The Morgan fingerprint density at radius 3 is 2.61 bits per heavy atom. The summed E-state index contributed by atoms with van der Waals surface area (Å²) in [6.45, 7) is 0. The number of imidazole rings is 1. The summed E-state index contributed by atoms with van der Waals surface area (Å²) in [5.41, 5.74) is 4.65. The molecule has 0 radical (unpaired) electrons. The second-order valence-electron chi connectivity index (χ2n) is 8.00. The van der Waals surface area contributed by atoms with Gasteiger partial charge in [0.25, 0.3) is 0 Å². The van der Waals surface area contributed by atoms with Crippen LogP contribution in [0.15, 0.2) is 71.9 Å². The average Bonchev–Trinajstić information content (AvgIpc) is 3.38. The van der Waals surface area contributed by atoms with Gasteiger partial charge >= 0.3 is 5.69 Å². The van der Waals surface area contributed by atoms with Crippen LogP contribution in [-0.2, 0) is 14.1 Å². The molecule has 0 aliphatic carbocycles. The summed E-state index contributed by atoms with van der Waals surface area (Å²) < 4.78 is 10.7. The van der Waals surface area contributed by atoms with Crippen molar-refractivity contribution in [2.75, 3.05) is 7.11 Å². The fourth-order valence-electron chi connectivity index (χ4n) is 4.37. The Morgan fingerprint density at radius 2 is 1.82 bits per heavy atom. The van der Waals surface area contributed by atoms with Crippen molar-refractivity contribution in [3.63, 3.8) is 0 Å². The van der Waals surface area contributed by atoms with E-state index < -0.39 is 0 Å². The van der Waals surface area contributed by atoms with Gasteiger partial charge in [-0.2, -0.15) is 5.10 Å². The summed E-state index contributed by atoms with van der Waals surface area (Å²) in [6.07, 6.45) is 5.44. The number of aryl methyl sites for hydroxylation is 2. The first kappa shape index (κ1) is 19.2. The lowest BCUT2D eigenvalue weighted by Crippen LogP contribution is -2.21. The van der Waals surface area contributed by atoms with Gasteiger partial charge in [0, 0.05) is 48.3 Å². The van der Waals surface area contributed by atoms with E-state index >= 15 is 0 Å². The summed E-state index contributed by atoms with van der Waals surface area (Å²) >= 11 is 0. The zero-order valence-corrected chi connectivity index (χ0v) is 18.4. The van der Waals surface area contributed by atoms with Gasteiger partial charge in [-0.05, 0) is 24.3 Å². The van der Waals surface area contributed by atoms with E-state index in [1.54, 1.807) is 40.4 Å². The van der Waals surface area contributed by atoms with Crippen molar-refractivity contribution in [1.29, 1.82) is 0 Å². The van der Waals surface area contributed by atoms with Gasteiger partial charge in [0.1, 0.15) is 11.6 Å². The Labute approximate surface area is 188 Å². The van der Waals surface area contributed by atoms with Crippen LogP contribution in [-0.4, -0.2) is 36.0 Å². The molecule has 0 amide bonds. The molecule has 0 aliphatic heterocycles. The highest BCUT2D eigenvalue weighted by atomic mass is 16.5. The van der Waals surface area contributed by atoms with E-state index in [4.69, 9.17) is 9.72 Å². The summed E-state index contributed by atoms with van der Waals surface area (Å²) in [7, 11) is 5.26. The van der Waals surface area contributed by atoms with Gasteiger partial charge in [-0.15, -0.1) is 0 Å². The maximum atomic E-state index is 13.4. The number of pyridine rings is 2. The first-order chi connectivity index (χ1) is 16.0. The summed E-state index contributed by atoms with van der Waals surface area (Å²) in [4.78, 5) is 22.8. The number of benzene rings is 2. The molecule has 0 aliphatic rings. The zero-order chi connectivity index (χ0) is 22.7. The molecule has 0 spiro atoms. The molecular weight excluding hydrogens is 416 g/mol. The van der Waals surface area contributed by atoms with E-state index in [9.17, 15) is 4.79 Å². The average molecular weight is 436 g/mol. The molecule has 33 heavy (non-hydrogen) atoms. The fraction of sp³-hybridized carbons (Fsp3) is 0.120. The lowest BCUT2D eigenvalue weighted by Gasteiger charge is -2.11. The quantitative estimate of drug-likeness (QED) is 0.421. The van der Waals surface area contributed by atoms with Crippen molar-refractivity contribution in [3.8, 4) is 22.7 Å². The smallest absolute Gasteiger partial charge is 0.334 e. The molecule has 4 heterocycles. The minimum atomic E-state index is -0.180. The molecule has 0 N–H and O–H groups in total. The lowest BCUT2D eigenvalue weighted by atomic mass is 10.0. The molecule has 0 fully saturated rings. The minimum Gasteiger partial charge on any atom is -0.496 e. The molecule has 0 atom stereocenters. The summed E-state index contributed by atoms with van der Waals surface area (Å²) in [6, 6.07) is 15.6. The van der Waals surface area contributed by atoms with Crippen LogP contribution < -0.4 is 10.4 Å². The Bertz CT molecular complexity index is 1760. The van der Waals surface area contributed by atoms with Crippen LogP contribution in [0, 0.1) is 0 Å². The van der Waals surface area contributed by atoms with Gasteiger partial charge in [0.2, 0.25) is 0 Å². The predicted molar refractivity (Wildman–Crippen MR) is 128 cm³/mol. The van der Waals surface area contributed by atoms with E-state index in [1.807, 2.05) is 61.8 Å². The van der Waals surface area contributed by atoms with Crippen molar-refractivity contribution in [2.45, 2.75) is 0 Å². The van der Waals surface area contributed by atoms with Crippen LogP contribution in [0.3, 0.4) is 0 Å². The topological polar surface area (TPSA) is 79.8 Å². The van der Waals surface area contributed by atoms with Crippen molar-refractivity contribution in [1.82, 2.24) is 28.9 Å². The molecule has 162 valence electrons. The monoisotopic (exact) mass is 436 g/mol. The first-order valence-corrected chi connectivity index (χ1v) is 10.5. The van der Waals surface area contributed by atoms with E-state index in [2.05, 4.69) is 10.1 Å². The second kappa shape index (κ2) is 7.03. The summed E-state index contributed by atoms with van der Waals surface area (Å²) in [5.74, 6) is 1.26. The van der Waals surface area contributed by atoms with Gasteiger partial charge in [0.15, 0.2) is 0 Å². The molecule has 8 nitrogen and oxygen atoms in total. The number of fused-ring (bicyclic) bond motifs is 4. The van der Waals surface area contributed by atoms with Crippen LogP contribution >= 0.6 is 0 Å². The number of hydrogen-bond acceptors (Lipinski definition) is 5. The standard InChI is InChI=1S/C25H20N6O2/c1-29-14-16(12-27-29)17-10-18-20(11-22(17)33-3)26-13-21-24(18)31(25(32)30(21)2)23-9-8-15-6-4-5-7-19(15)28-23/h4-14H,1-3H3. The van der Waals surface area contributed by atoms with Gasteiger partial charge in [-0.25, -0.2) is 14.3 Å². The highest BCUT2D eigenvalue weighted by molar-refractivity contribution is 6.05. The van der Waals surface area contributed by atoms with Gasteiger partial charge in [-0.1, -0.05) is 18.2 Å². The van der Waals surface area contributed by atoms with Crippen LogP contribution in [0.4, 0.5) is 0 Å². The summed E-state index contributed by atoms with van der Waals surface area (Å²) in [5, 5.41) is 6.15. The van der Waals surface area contributed by atoms with Crippen LogP contribution in [0.25, 0.3) is 49.8 Å². The molecule has 2 aromatic carbocycles. The number of methoxy groups -OCH3 is 1. The van der Waals surface area contributed by atoms with Gasteiger partial charge in [0.05, 0.1) is 41.6 Å². The predicted octanol–water partition coefficient (Wildman–Crippen LogP) is 3.83. The molecule has 0 unspecified atom stereocenters. The van der Waals surface area contributed by atoms with Crippen molar-refractivity contribution in [2.24, 2.45) is 14.1 Å². The maximum absolute atomic E-state index is 13.4. The Morgan fingerprint density at radius 1 is 0.970 bits per heavy atom. The third-order valence-corrected chi connectivity index (χ3v) is 6.03. The first-order valence-electron chi connectivity index (χ1n) is 10.5. The van der Waals surface area contributed by atoms with Crippen molar-refractivity contribution >= 4 is 32.8 Å². The molecule has 0 saturated carbocycles. The molecule has 6 aromatic rings. The van der Waals surface area contributed by atoms with Crippen LogP contribution in [0.2, 0.25) is 0 Å². The highest BCUT2D eigenvalue weighted by Crippen LogP contribution is 2.36. The number of hydrogen-bond donors (Lipinski definition) is 0. The normalized spacial score (nSPS) is 11.6. The van der Waals surface area contributed by atoms with Gasteiger partial charge < -0.3 is 4.74 Å². The number of ether oxygens (including phenoxy) is 1. The number of rotatable bonds is 3. The molecule has 8 heteroatoms. The SMILES string of the molecule is COc1cc2ncc3c(c2cc1-c1cnn(C)c1)n(-c1ccc2ccccc2n1)c(=O)n3C. The molecule has 6 rings (SSSR count). The molecule has 0 saturated heterocycles. The third-order valence-electron chi connectivity index (χ3n) is 6.03. The highest BCUT2D eigenvalue weighted by Gasteiger charge is 2.19. The van der Waals surface area contributed by atoms with Crippen molar-refractivity contribution < 1.29 is 4.74 Å². The molecular formula is C25H20N6O2. The number of nitrogens with zero attached hydrogens (tertiary/aromatic N) is 6. The van der Waals surface area contributed by atoms with E-state index in [1.165, 1.54) is 0 Å². The maximum Gasteiger partial charge on any atom is 0.334 e. The molecule has 0 bridgehead atoms.